The van der Waals surface area contributed by atoms with Gasteiger partial charge in [-0.1, -0.05) is 30.3 Å². The molecule has 0 amide bonds. The smallest absolute Gasteiger partial charge is 0.163 e. The standard InChI is InChI=1S/C22H29FNOS.CH4S/c1-24(2)15-21(26(4)25-3)14-19-12-18-13-20(23)10-9-16(18)11-17-7-5-6-8-22(17)19;1-2/h5-10,13,19,21H,11-12,14-15H2,1-4H3;2H,1H3/q+1;. The van der Waals surface area contributed by atoms with Gasteiger partial charge in [0, 0.05) is 13.0 Å². The van der Waals surface area contributed by atoms with Crippen LogP contribution in [0.1, 0.15) is 34.6 Å². The highest BCUT2D eigenvalue weighted by Gasteiger charge is 2.33. The molecule has 0 fully saturated rings. The van der Waals surface area contributed by atoms with Gasteiger partial charge in [0.05, 0.1) is 7.11 Å². The first-order chi connectivity index (χ1) is 13.5. The Morgan fingerprint density at radius 1 is 1.14 bits per heavy atom. The molecule has 28 heavy (non-hydrogen) atoms. The Bertz CT molecular complexity index is 753. The monoisotopic (exact) mass is 422 g/mol. The Morgan fingerprint density at radius 2 is 1.86 bits per heavy atom. The molecule has 0 saturated carbocycles. The van der Waals surface area contributed by atoms with Crippen molar-refractivity contribution in [3.05, 3.63) is 70.5 Å². The maximum Gasteiger partial charge on any atom is 0.163 e. The average Bonchev–Trinajstić information content (AvgIpc) is 2.84. The van der Waals surface area contributed by atoms with E-state index in [2.05, 4.69) is 62.1 Å². The van der Waals surface area contributed by atoms with E-state index in [1.54, 1.807) is 25.5 Å². The van der Waals surface area contributed by atoms with Gasteiger partial charge in [0.15, 0.2) is 5.25 Å². The molecule has 5 heteroatoms. The molecule has 3 unspecified atom stereocenters. The molecule has 0 bridgehead atoms. The summed E-state index contributed by atoms with van der Waals surface area (Å²) >= 11 is 3.43. The normalized spacial score (nSPS) is 17.6. The number of benzene rings is 2. The van der Waals surface area contributed by atoms with E-state index in [0.717, 1.165) is 31.4 Å². The second-order valence-electron chi connectivity index (χ2n) is 7.47. The lowest BCUT2D eigenvalue weighted by atomic mass is 9.87. The van der Waals surface area contributed by atoms with Gasteiger partial charge in [-0.2, -0.15) is 16.8 Å². The summed E-state index contributed by atoms with van der Waals surface area (Å²) in [5, 5.41) is 0.461. The topological polar surface area (TPSA) is 12.5 Å². The van der Waals surface area contributed by atoms with Crippen molar-refractivity contribution in [2.45, 2.75) is 30.4 Å². The Balaban J connectivity index is 0.00000136. The lowest BCUT2D eigenvalue weighted by Gasteiger charge is -2.24. The highest BCUT2D eigenvalue weighted by atomic mass is 32.2. The summed E-state index contributed by atoms with van der Waals surface area (Å²) in [4.78, 5) is 2.24. The second kappa shape index (κ2) is 11.2. The molecule has 3 rings (SSSR count). The first kappa shape index (κ1) is 23.3. The molecule has 2 aromatic rings. The van der Waals surface area contributed by atoms with Crippen LogP contribution < -0.4 is 0 Å². The van der Waals surface area contributed by atoms with Crippen LogP contribution in [-0.4, -0.2) is 50.4 Å². The van der Waals surface area contributed by atoms with E-state index >= 15 is 0 Å². The van der Waals surface area contributed by atoms with Crippen molar-refractivity contribution in [2.24, 2.45) is 0 Å². The van der Waals surface area contributed by atoms with Crippen LogP contribution >= 0.6 is 12.6 Å². The minimum atomic E-state index is -0.134. The molecule has 1 aliphatic carbocycles. The molecular formula is C23H33FNOS2+. The van der Waals surface area contributed by atoms with Crippen LogP contribution in [0.5, 0.6) is 0 Å². The second-order valence-corrected chi connectivity index (χ2v) is 9.47. The highest BCUT2D eigenvalue weighted by molar-refractivity contribution is 7.92. The zero-order valence-corrected chi connectivity index (χ0v) is 19.3. The number of rotatable bonds is 6. The van der Waals surface area contributed by atoms with Crippen LogP contribution in [0.3, 0.4) is 0 Å². The number of hydrogen-bond donors (Lipinski definition) is 1. The van der Waals surface area contributed by atoms with E-state index in [1.807, 2.05) is 6.07 Å². The molecule has 2 aromatic carbocycles. The van der Waals surface area contributed by atoms with E-state index in [4.69, 9.17) is 4.18 Å². The highest BCUT2D eigenvalue weighted by Crippen LogP contribution is 2.36. The summed E-state index contributed by atoms with van der Waals surface area (Å²) in [6, 6.07) is 14.0. The van der Waals surface area contributed by atoms with Crippen molar-refractivity contribution in [2.75, 3.05) is 40.3 Å². The predicted molar refractivity (Wildman–Crippen MR) is 124 cm³/mol. The maximum atomic E-state index is 13.9. The van der Waals surface area contributed by atoms with Crippen LogP contribution in [-0.2, 0) is 28.2 Å². The van der Waals surface area contributed by atoms with Crippen LogP contribution in [0.2, 0.25) is 0 Å². The van der Waals surface area contributed by atoms with Crippen LogP contribution in [0.15, 0.2) is 42.5 Å². The van der Waals surface area contributed by atoms with Gasteiger partial charge < -0.3 is 4.90 Å². The summed E-state index contributed by atoms with van der Waals surface area (Å²) in [5.41, 5.74) is 5.21. The van der Waals surface area contributed by atoms with Gasteiger partial charge >= 0.3 is 0 Å². The molecule has 154 valence electrons. The minimum absolute atomic E-state index is 0.0974. The van der Waals surface area contributed by atoms with Crippen LogP contribution in [0, 0.1) is 5.82 Å². The molecule has 0 radical (unpaired) electrons. The van der Waals surface area contributed by atoms with Crippen molar-refractivity contribution >= 4 is 23.8 Å². The Kier molecular flexibility index (Phi) is 9.35. The summed E-state index contributed by atoms with van der Waals surface area (Å²) in [6.07, 6.45) is 6.72. The number of thiol groups is 1. The molecule has 1 aliphatic rings. The quantitative estimate of drug-likeness (QED) is 0.534. The van der Waals surface area contributed by atoms with Crippen LogP contribution in [0.4, 0.5) is 4.39 Å². The van der Waals surface area contributed by atoms with Crippen molar-refractivity contribution in [3.8, 4) is 0 Å². The minimum Gasteiger partial charge on any atom is -0.304 e. The fourth-order valence-electron chi connectivity index (χ4n) is 4.02. The lowest BCUT2D eigenvalue weighted by molar-refractivity contribution is 0.375. The molecule has 0 spiro atoms. The van der Waals surface area contributed by atoms with Crippen molar-refractivity contribution in [1.29, 1.82) is 0 Å². The van der Waals surface area contributed by atoms with Gasteiger partial charge in [0.25, 0.3) is 0 Å². The van der Waals surface area contributed by atoms with E-state index in [1.165, 1.54) is 16.7 Å². The lowest BCUT2D eigenvalue weighted by Crippen LogP contribution is -2.34. The summed E-state index contributed by atoms with van der Waals surface area (Å²) < 4.78 is 19.6. The SMILES string of the molecule is CO[S+](C)C(CC1Cc2cc(F)ccc2Cc2ccccc21)CN(C)C.CS. The molecule has 0 heterocycles. The first-order valence-corrected chi connectivity index (χ1v) is 12.1. The third-order valence-corrected chi connectivity index (χ3v) is 7.17. The molecule has 2 nitrogen and oxygen atoms in total. The average molecular weight is 423 g/mol. The third kappa shape index (κ3) is 5.99. The third-order valence-electron chi connectivity index (χ3n) is 5.36. The zero-order valence-electron chi connectivity index (χ0n) is 17.6. The summed E-state index contributed by atoms with van der Waals surface area (Å²) in [7, 11) is 6.04. The van der Waals surface area contributed by atoms with E-state index in [-0.39, 0.29) is 17.0 Å². The van der Waals surface area contributed by atoms with Gasteiger partial charge in [-0.25, -0.2) is 4.39 Å². The Labute approximate surface area is 178 Å². The Morgan fingerprint density at radius 3 is 2.54 bits per heavy atom. The van der Waals surface area contributed by atoms with Crippen molar-refractivity contribution < 1.29 is 8.57 Å². The number of fused-ring (bicyclic) bond motifs is 2. The molecular weight excluding hydrogens is 389 g/mol. The Hall–Kier alpha value is -1.01. The van der Waals surface area contributed by atoms with Crippen molar-refractivity contribution in [1.82, 2.24) is 4.90 Å². The summed E-state index contributed by atoms with van der Waals surface area (Å²) in [6.45, 7) is 1.00. The molecule has 0 saturated heterocycles. The number of nitrogens with zero attached hydrogens (tertiary/aromatic N) is 1. The van der Waals surface area contributed by atoms with Crippen LogP contribution in [0.25, 0.3) is 0 Å². The fourth-order valence-corrected chi connectivity index (χ4v) is 5.30. The molecule has 3 atom stereocenters. The maximum absolute atomic E-state index is 13.9. The largest absolute Gasteiger partial charge is 0.304 e. The first-order valence-electron chi connectivity index (χ1n) is 9.61. The van der Waals surface area contributed by atoms with E-state index in [9.17, 15) is 4.39 Å². The van der Waals surface area contributed by atoms with Gasteiger partial charge in [-0.15, -0.1) is 0 Å². The van der Waals surface area contributed by atoms with Gasteiger partial charge in [-0.05, 0) is 73.5 Å². The zero-order chi connectivity index (χ0) is 20.7. The molecule has 0 aromatic heterocycles. The van der Waals surface area contributed by atoms with Gasteiger partial charge in [-0.3, -0.25) is 0 Å². The summed E-state index contributed by atoms with van der Waals surface area (Å²) in [5.74, 6) is 0.259. The predicted octanol–water partition coefficient (Wildman–Crippen LogP) is 4.73. The fraction of sp³-hybridized carbons (Fsp3) is 0.478. The van der Waals surface area contributed by atoms with E-state index < -0.39 is 0 Å². The van der Waals surface area contributed by atoms with E-state index in [0.29, 0.717) is 11.2 Å². The number of halogens is 1. The number of hydrogen-bond acceptors (Lipinski definition) is 3. The van der Waals surface area contributed by atoms with Crippen molar-refractivity contribution in [3.63, 3.8) is 0 Å². The molecule has 0 N–H and O–H groups in total. The molecule has 0 aliphatic heterocycles. The van der Waals surface area contributed by atoms with Gasteiger partial charge in [0.2, 0.25) is 0 Å². The van der Waals surface area contributed by atoms with Gasteiger partial charge in [0.1, 0.15) is 23.2 Å².